The maximum Gasteiger partial charge on any atom is 0.170 e. The van der Waals surface area contributed by atoms with Gasteiger partial charge in [-0.2, -0.15) is 0 Å². The summed E-state index contributed by atoms with van der Waals surface area (Å²) in [4.78, 5) is 12.4. The Morgan fingerprint density at radius 1 is 1.05 bits per heavy atom. The monoisotopic (exact) mass is 308 g/mol. The van der Waals surface area contributed by atoms with Crippen LogP contribution in [-0.4, -0.2) is 12.9 Å². The number of carbonyl (C=O) groups excluding carboxylic acids is 1. The zero-order valence-electron chi connectivity index (χ0n) is 11.0. The standard InChI is InChI=1S/C16H14Cl2O2/c1-20-16(11-6-3-2-4-7-11)15(19)10-12-13(17)8-5-9-14(12)18/h2-9,16H,10H2,1H3. The van der Waals surface area contributed by atoms with E-state index < -0.39 is 6.10 Å². The third-order valence-corrected chi connectivity index (χ3v) is 3.75. The van der Waals surface area contributed by atoms with Crippen LogP contribution in [0.2, 0.25) is 10.0 Å². The zero-order chi connectivity index (χ0) is 14.5. The van der Waals surface area contributed by atoms with Crippen molar-refractivity contribution in [2.24, 2.45) is 0 Å². The Bertz CT molecular complexity index is 576. The lowest BCUT2D eigenvalue weighted by Crippen LogP contribution is -2.17. The van der Waals surface area contributed by atoms with E-state index in [1.807, 2.05) is 30.3 Å². The van der Waals surface area contributed by atoms with Crippen molar-refractivity contribution in [1.29, 1.82) is 0 Å². The van der Waals surface area contributed by atoms with Crippen molar-refractivity contribution in [3.05, 3.63) is 69.7 Å². The first-order valence-electron chi connectivity index (χ1n) is 6.17. The summed E-state index contributed by atoms with van der Waals surface area (Å²) in [6.07, 6.45) is -0.463. The van der Waals surface area contributed by atoms with E-state index >= 15 is 0 Å². The maximum absolute atomic E-state index is 12.4. The molecule has 0 aromatic heterocycles. The van der Waals surface area contributed by atoms with Crippen LogP contribution in [0.3, 0.4) is 0 Å². The predicted molar refractivity (Wildman–Crippen MR) is 81.4 cm³/mol. The first kappa shape index (κ1) is 15.0. The highest BCUT2D eigenvalue weighted by Gasteiger charge is 2.21. The molecule has 20 heavy (non-hydrogen) atoms. The number of Topliss-reactive ketones (excluding diaryl/α,β-unsaturated/α-hetero) is 1. The molecule has 0 aliphatic rings. The number of hydrogen-bond acceptors (Lipinski definition) is 2. The molecule has 0 N–H and O–H groups in total. The van der Waals surface area contributed by atoms with Gasteiger partial charge in [-0.25, -0.2) is 0 Å². The molecule has 0 radical (unpaired) electrons. The molecule has 2 aromatic carbocycles. The van der Waals surface area contributed by atoms with Crippen molar-refractivity contribution >= 4 is 29.0 Å². The third kappa shape index (κ3) is 3.40. The summed E-state index contributed by atoms with van der Waals surface area (Å²) in [5.74, 6) is -0.0753. The zero-order valence-corrected chi connectivity index (χ0v) is 12.5. The van der Waals surface area contributed by atoms with Gasteiger partial charge in [-0.15, -0.1) is 0 Å². The Hall–Kier alpha value is -1.35. The fourth-order valence-electron chi connectivity index (χ4n) is 2.05. The smallest absolute Gasteiger partial charge is 0.170 e. The van der Waals surface area contributed by atoms with Gasteiger partial charge in [0.1, 0.15) is 6.10 Å². The molecular weight excluding hydrogens is 295 g/mol. The van der Waals surface area contributed by atoms with E-state index in [-0.39, 0.29) is 12.2 Å². The second-order valence-corrected chi connectivity index (χ2v) is 5.18. The van der Waals surface area contributed by atoms with Gasteiger partial charge in [-0.05, 0) is 23.3 Å². The van der Waals surface area contributed by atoms with Crippen LogP contribution >= 0.6 is 23.2 Å². The summed E-state index contributed by atoms with van der Waals surface area (Å²) >= 11 is 12.2. The number of rotatable bonds is 5. The maximum atomic E-state index is 12.4. The quantitative estimate of drug-likeness (QED) is 0.813. The highest BCUT2D eigenvalue weighted by Crippen LogP contribution is 2.27. The SMILES string of the molecule is COC(C(=O)Cc1c(Cl)cccc1Cl)c1ccccc1. The average Bonchev–Trinajstić information content (AvgIpc) is 2.45. The van der Waals surface area contributed by atoms with E-state index in [9.17, 15) is 4.79 Å². The minimum Gasteiger partial charge on any atom is -0.369 e. The molecule has 0 saturated heterocycles. The van der Waals surface area contributed by atoms with Gasteiger partial charge in [-0.1, -0.05) is 59.6 Å². The van der Waals surface area contributed by atoms with E-state index in [2.05, 4.69) is 0 Å². The Morgan fingerprint density at radius 3 is 2.20 bits per heavy atom. The largest absolute Gasteiger partial charge is 0.369 e. The van der Waals surface area contributed by atoms with Crippen LogP contribution in [0.4, 0.5) is 0 Å². The van der Waals surface area contributed by atoms with Crippen LogP contribution in [-0.2, 0) is 16.0 Å². The van der Waals surface area contributed by atoms with Crippen LogP contribution in [0.25, 0.3) is 0 Å². The number of ketones is 1. The van der Waals surface area contributed by atoms with Gasteiger partial charge in [0.05, 0.1) is 0 Å². The molecule has 2 nitrogen and oxygen atoms in total. The molecular formula is C16H14Cl2O2. The number of carbonyl (C=O) groups is 1. The highest BCUT2D eigenvalue weighted by molar-refractivity contribution is 6.36. The lowest BCUT2D eigenvalue weighted by Gasteiger charge is -2.15. The van der Waals surface area contributed by atoms with Crippen LogP contribution in [0, 0.1) is 0 Å². The topological polar surface area (TPSA) is 26.3 Å². The van der Waals surface area contributed by atoms with Crippen molar-refractivity contribution < 1.29 is 9.53 Å². The Morgan fingerprint density at radius 2 is 1.65 bits per heavy atom. The highest BCUT2D eigenvalue weighted by atomic mass is 35.5. The Balaban J connectivity index is 2.23. The molecule has 1 atom stereocenters. The van der Waals surface area contributed by atoms with Gasteiger partial charge < -0.3 is 4.74 Å². The lowest BCUT2D eigenvalue weighted by atomic mass is 10.00. The summed E-state index contributed by atoms with van der Waals surface area (Å²) < 4.78 is 5.31. The third-order valence-electron chi connectivity index (χ3n) is 3.04. The van der Waals surface area contributed by atoms with E-state index in [1.54, 1.807) is 18.2 Å². The van der Waals surface area contributed by atoms with Crippen molar-refractivity contribution in [3.8, 4) is 0 Å². The van der Waals surface area contributed by atoms with Gasteiger partial charge in [-0.3, -0.25) is 4.79 Å². The summed E-state index contributed by atoms with van der Waals surface area (Å²) in [7, 11) is 1.52. The van der Waals surface area contributed by atoms with Gasteiger partial charge >= 0.3 is 0 Å². The molecule has 2 rings (SSSR count). The molecule has 2 aromatic rings. The van der Waals surface area contributed by atoms with Gasteiger partial charge in [0, 0.05) is 23.6 Å². The molecule has 1 unspecified atom stereocenters. The number of hydrogen-bond donors (Lipinski definition) is 0. The van der Waals surface area contributed by atoms with Crippen LogP contribution in [0.5, 0.6) is 0 Å². The molecule has 0 heterocycles. The van der Waals surface area contributed by atoms with Crippen LogP contribution in [0.1, 0.15) is 17.2 Å². The fraction of sp³-hybridized carbons (Fsp3) is 0.188. The second-order valence-electron chi connectivity index (χ2n) is 4.37. The van der Waals surface area contributed by atoms with Gasteiger partial charge in [0.15, 0.2) is 5.78 Å². The summed E-state index contributed by atoms with van der Waals surface area (Å²) in [5.41, 5.74) is 1.46. The molecule has 0 bridgehead atoms. The summed E-state index contributed by atoms with van der Waals surface area (Å²) in [6, 6.07) is 14.6. The van der Waals surface area contributed by atoms with Crippen molar-refractivity contribution in [2.45, 2.75) is 12.5 Å². The first-order valence-corrected chi connectivity index (χ1v) is 6.92. The van der Waals surface area contributed by atoms with Crippen molar-refractivity contribution in [3.63, 3.8) is 0 Å². The predicted octanol–water partition coefficient (Wildman–Crippen LogP) is 4.49. The Kier molecular flexibility index (Phi) is 5.18. The molecule has 0 saturated carbocycles. The molecule has 0 fully saturated rings. The van der Waals surface area contributed by atoms with Gasteiger partial charge in [0.2, 0.25) is 0 Å². The minimum absolute atomic E-state index is 0.0753. The van der Waals surface area contributed by atoms with E-state index in [0.717, 1.165) is 5.56 Å². The van der Waals surface area contributed by atoms with Crippen molar-refractivity contribution in [2.75, 3.05) is 7.11 Å². The average molecular weight is 309 g/mol. The van der Waals surface area contributed by atoms with Gasteiger partial charge in [0.25, 0.3) is 0 Å². The second kappa shape index (κ2) is 6.89. The van der Waals surface area contributed by atoms with Crippen LogP contribution in [0.15, 0.2) is 48.5 Å². The molecule has 0 amide bonds. The molecule has 4 heteroatoms. The van der Waals surface area contributed by atoms with E-state index in [4.69, 9.17) is 27.9 Å². The number of ether oxygens (including phenoxy) is 1. The normalized spacial score (nSPS) is 12.2. The fourth-order valence-corrected chi connectivity index (χ4v) is 2.58. The van der Waals surface area contributed by atoms with Crippen LogP contribution < -0.4 is 0 Å². The van der Waals surface area contributed by atoms with E-state index in [0.29, 0.717) is 15.6 Å². The first-order chi connectivity index (χ1) is 9.63. The molecule has 104 valence electrons. The number of methoxy groups -OCH3 is 1. The number of halogens is 2. The number of benzene rings is 2. The van der Waals surface area contributed by atoms with Crippen molar-refractivity contribution in [1.82, 2.24) is 0 Å². The minimum atomic E-state index is -0.608. The summed E-state index contributed by atoms with van der Waals surface area (Å²) in [6.45, 7) is 0. The summed E-state index contributed by atoms with van der Waals surface area (Å²) in [5, 5.41) is 0.988. The molecule has 0 aliphatic heterocycles. The Labute approximate surface area is 128 Å². The van der Waals surface area contributed by atoms with E-state index in [1.165, 1.54) is 7.11 Å². The molecule has 0 aliphatic carbocycles. The lowest BCUT2D eigenvalue weighted by molar-refractivity contribution is -0.128. The molecule has 0 spiro atoms.